The van der Waals surface area contributed by atoms with Crippen LogP contribution in [0, 0.1) is 0 Å². The molecule has 0 aliphatic carbocycles. The maximum absolute atomic E-state index is 4.48. The molecule has 2 nitrogen and oxygen atoms in total. The fourth-order valence-corrected chi connectivity index (χ4v) is 3.11. The first kappa shape index (κ1) is 19.1. The lowest BCUT2D eigenvalue weighted by atomic mass is 10.2. The highest BCUT2D eigenvalue weighted by Gasteiger charge is 1.92. The van der Waals surface area contributed by atoms with E-state index >= 15 is 0 Å². The van der Waals surface area contributed by atoms with Crippen LogP contribution in [0.2, 0.25) is 0 Å². The molecule has 0 spiro atoms. The molecular weight excluding hydrogens is 428 g/mol. The minimum absolute atomic E-state index is 0.897. The van der Waals surface area contributed by atoms with Crippen molar-refractivity contribution in [3.63, 3.8) is 0 Å². The van der Waals surface area contributed by atoms with Crippen molar-refractivity contribution in [1.29, 1.82) is 0 Å². The fourth-order valence-electron chi connectivity index (χ4n) is 2.27. The molecule has 0 saturated heterocycles. The summed E-state index contributed by atoms with van der Waals surface area (Å²) in [5.41, 5.74) is 2.29. The number of aliphatic imine (C=N–C) groups is 2. The first-order valence-electron chi connectivity index (χ1n) is 8.25. The SMILES string of the molecule is Brc1cccc(C=NCCCCCCN=Cc2cccc(Br)c2)c1. The van der Waals surface area contributed by atoms with Crippen LogP contribution in [-0.4, -0.2) is 25.5 Å². The molecule has 2 aromatic carbocycles. The van der Waals surface area contributed by atoms with Gasteiger partial charge in [-0.05, 0) is 48.2 Å². The van der Waals surface area contributed by atoms with Crippen LogP contribution in [0.1, 0.15) is 36.8 Å². The average molecular weight is 450 g/mol. The third-order valence-corrected chi connectivity index (χ3v) is 4.49. The average Bonchev–Trinajstić information content (AvgIpc) is 2.57. The first-order chi connectivity index (χ1) is 11.7. The Labute approximate surface area is 161 Å². The topological polar surface area (TPSA) is 24.7 Å². The molecule has 0 aliphatic heterocycles. The Bertz CT molecular complexity index is 621. The van der Waals surface area contributed by atoms with Crippen LogP contribution in [0.4, 0.5) is 0 Å². The molecule has 0 aliphatic rings. The maximum Gasteiger partial charge on any atom is 0.0389 e. The Morgan fingerprint density at radius 3 is 1.54 bits per heavy atom. The highest BCUT2D eigenvalue weighted by molar-refractivity contribution is 9.10. The first-order valence-corrected chi connectivity index (χ1v) is 9.83. The van der Waals surface area contributed by atoms with E-state index in [0.717, 1.165) is 46.0 Å². The number of rotatable bonds is 9. The van der Waals surface area contributed by atoms with Gasteiger partial charge >= 0.3 is 0 Å². The molecular formula is C20H22Br2N2. The molecule has 0 fully saturated rings. The van der Waals surface area contributed by atoms with Crippen molar-refractivity contribution in [3.05, 3.63) is 68.6 Å². The predicted octanol–water partition coefficient (Wildman–Crippen LogP) is 6.31. The van der Waals surface area contributed by atoms with E-state index in [4.69, 9.17) is 0 Å². The number of unbranched alkanes of at least 4 members (excludes halogenated alkanes) is 3. The van der Waals surface area contributed by atoms with Gasteiger partial charge in [0.05, 0.1) is 0 Å². The van der Waals surface area contributed by atoms with E-state index < -0.39 is 0 Å². The van der Waals surface area contributed by atoms with E-state index in [2.05, 4.69) is 66.1 Å². The van der Waals surface area contributed by atoms with E-state index in [1.54, 1.807) is 0 Å². The second-order valence-electron chi connectivity index (χ2n) is 5.59. The van der Waals surface area contributed by atoms with Gasteiger partial charge in [0.15, 0.2) is 0 Å². The zero-order chi connectivity index (χ0) is 17.0. The number of nitrogens with zero attached hydrogens (tertiary/aromatic N) is 2. The molecule has 0 bridgehead atoms. The maximum atomic E-state index is 4.48. The zero-order valence-electron chi connectivity index (χ0n) is 13.7. The van der Waals surface area contributed by atoms with Crippen molar-refractivity contribution in [2.24, 2.45) is 9.98 Å². The summed E-state index contributed by atoms with van der Waals surface area (Å²) in [6, 6.07) is 16.4. The normalized spacial score (nSPS) is 11.6. The lowest BCUT2D eigenvalue weighted by molar-refractivity contribution is 0.655. The molecule has 0 radical (unpaired) electrons. The van der Waals surface area contributed by atoms with Crippen molar-refractivity contribution in [1.82, 2.24) is 0 Å². The summed E-state index contributed by atoms with van der Waals surface area (Å²) in [7, 11) is 0. The van der Waals surface area contributed by atoms with Gasteiger partial charge in [0.1, 0.15) is 0 Å². The molecule has 0 atom stereocenters. The van der Waals surface area contributed by atoms with E-state index in [1.165, 1.54) is 12.8 Å². The molecule has 0 N–H and O–H groups in total. The Balaban J connectivity index is 1.52. The number of hydrogen-bond donors (Lipinski definition) is 0. The second kappa shape index (κ2) is 11.3. The summed E-state index contributed by atoms with van der Waals surface area (Å²) in [4.78, 5) is 8.97. The van der Waals surface area contributed by atoms with Crippen LogP contribution in [-0.2, 0) is 0 Å². The summed E-state index contributed by atoms with van der Waals surface area (Å²) < 4.78 is 2.18. The van der Waals surface area contributed by atoms with Crippen molar-refractivity contribution in [2.75, 3.05) is 13.1 Å². The fraction of sp³-hybridized carbons (Fsp3) is 0.300. The molecule has 0 aromatic heterocycles. The monoisotopic (exact) mass is 448 g/mol. The van der Waals surface area contributed by atoms with Crippen molar-refractivity contribution < 1.29 is 0 Å². The molecule has 0 unspecified atom stereocenters. The van der Waals surface area contributed by atoms with Crippen LogP contribution >= 0.6 is 31.9 Å². The number of benzene rings is 2. The summed E-state index contributed by atoms with van der Waals surface area (Å²) in [5.74, 6) is 0. The number of halogens is 2. The third kappa shape index (κ3) is 8.02. The molecule has 2 aromatic rings. The van der Waals surface area contributed by atoms with Gasteiger partial charge in [-0.1, -0.05) is 69.0 Å². The lowest BCUT2D eigenvalue weighted by Crippen LogP contribution is -1.88. The van der Waals surface area contributed by atoms with Gasteiger partial charge < -0.3 is 0 Å². The predicted molar refractivity (Wildman–Crippen MR) is 112 cm³/mol. The standard InChI is InChI=1S/C20H22Br2N2/c21-19-9-5-7-17(13-19)15-23-11-3-1-2-4-12-24-16-18-8-6-10-20(22)14-18/h5-10,13-16H,1-4,11-12H2. The smallest absolute Gasteiger partial charge is 0.0389 e. The third-order valence-electron chi connectivity index (χ3n) is 3.50. The highest BCUT2D eigenvalue weighted by atomic mass is 79.9. The van der Waals surface area contributed by atoms with Gasteiger partial charge in [0, 0.05) is 34.5 Å². The molecule has 126 valence electrons. The van der Waals surface area contributed by atoms with E-state index in [9.17, 15) is 0 Å². The Kier molecular flexibility index (Phi) is 9.00. The second-order valence-corrected chi connectivity index (χ2v) is 7.43. The number of hydrogen-bond acceptors (Lipinski definition) is 2. The highest BCUT2D eigenvalue weighted by Crippen LogP contribution is 2.11. The molecule has 0 saturated carbocycles. The van der Waals surface area contributed by atoms with Crippen LogP contribution in [0.15, 0.2) is 67.5 Å². The van der Waals surface area contributed by atoms with Gasteiger partial charge in [-0.15, -0.1) is 0 Å². The largest absolute Gasteiger partial charge is 0.293 e. The zero-order valence-corrected chi connectivity index (χ0v) is 16.8. The molecule has 0 amide bonds. The molecule has 24 heavy (non-hydrogen) atoms. The van der Waals surface area contributed by atoms with E-state index in [0.29, 0.717) is 0 Å². The molecule has 0 heterocycles. The molecule has 4 heteroatoms. The van der Waals surface area contributed by atoms with E-state index in [1.807, 2.05) is 36.7 Å². The summed E-state index contributed by atoms with van der Waals surface area (Å²) >= 11 is 6.94. The Morgan fingerprint density at radius 2 is 1.12 bits per heavy atom. The Morgan fingerprint density at radius 1 is 0.667 bits per heavy atom. The van der Waals surface area contributed by atoms with Crippen LogP contribution < -0.4 is 0 Å². The van der Waals surface area contributed by atoms with Crippen LogP contribution in [0.3, 0.4) is 0 Å². The minimum atomic E-state index is 0.897. The van der Waals surface area contributed by atoms with Crippen molar-refractivity contribution in [3.8, 4) is 0 Å². The van der Waals surface area contributed by atoms with E-state index in [-0.39, 0.29) is 0 Å². The summed E-state index contributed by atoms with van der Waals surface area (Å²) in [5, 5.41) is 0. The van der Waals surface area contributed by atoms with Gasteiger partial charge in [-0.3, -0.25) is 9.98 Å². The van der Waals surface area contributed by atoms with Crippen LogP contribution in [0.25, 0.3) is 0 Å². The van der Waals surface area contributed by atoms with Crippen molar-refractivity contribution in [2.45, 2.75) is 25.7 Å². The summed E-state index contributed by atoms with van der Waals surface area (Å²) in [6.45, 7) is 1.79. The van der Waals surface area contributed by atoms with Crippen molar-refractivity contribution >= 4 is 44.3 Å². The van der Waals surface area contributed by atoms with Crippen LogP contribution in [0.5, 0.6) is 0 Å². The van der Waals surface area contributed by atoms with Gasteiger partial charge in [0.25, 0.3) is 0 Å². The minimum Gasteiger partial charge on any atom is -0.293 e. The van der Waals surface area contributed by atoms with Gasteiger partial charge in [0.2, 0.25) is 0 Å². The summed E-state index contributed by atoms with van der Waals surface area (Å²) in [6.07, 6.45) is 8.60. The Hall–Kier alpha value is -1.26. The van der Waals surface area contributed by atoms with Gasteiger partial charge in [-0.25, -0.2) is 0 Å². The van der Waals surface area contributed by atoms with Gasteiger partial charge in [-0.2, -0.15) is 0 Å². The quantitative estimate of drug-likeness (QED) is 0.316. The molecule has 2 rings (SSSR count). The lowest BCUT2D eigenvalue weighted by Gasteiger charge is -1.98.